The van der Waals surface area contributed by atoms with Gasteiger partial charge in [0.25, 0.3) is 0 Å². The van der Waals surface area contributed by atoms with Gasteiger partial charge in [-0.3, -0.25) is 0 Å². The second-order valence-corrected chi connectivity index (χ2v) is 5.35. The molecule has 17 heavy (non-hydrogen) atoms. The van der Waals surface area contributed by atoms with Gasteiger partial charge in [0.15, 0.2) is 5.82 Å². The molecular weight excluding hydrogens is 218 g/mol. The summed E-state index contributed by atoms with van der Waals surface area (Å²) in [5.41, 5.74) is 0.370. The molecule has 0 saturated heterocycles. The average Bonchev–Trinajstić information content (AvgIpc) is 2.83. The highest BCUT2D eigenvalue weighted by Gasteiger charge is 2.34. The predicted molar refractivity (Wildman–Crippen MR) is 63.3 cm³/mol. The van der Waals surface area contributed by atoms with E-state index in [4.69, 9.17) is 9.26 Å². The Morgan fingerprint density at radius 2 is 2.35 bits per heavy atom. The molecule has 1 aliphatic rings. The molecule has 0 amide bonds. The zero-order valence-corrected chi connectivity index (χ0v) is 10.8. The predicted octanol–water partition coefficient (Wildman–Crippen LogP) is 1.88. The highest BCUT2D eigenvalue weighted by Crippen LogP contribution is 2.37. The highest BCUT2D eigenvalue weighted by atomic mass is 16.5. The Morgan fingerprint density at radius 3 is 3.00 bits per heavy atom. The van der Waals surface area contributed by atoms with Crippen LogP contribution in [0.2, 0.25) is 0 Å². The van der Waals surface area contributed by atoms with Crippen molar-refractivity contribution in [1.29, 1.82) is 0 Å². The molecule has 1 N–H and O–H groups in total. The second kappa shape index (κ2) is 5.14. The zero-order valence-electron chi connectivity index (χ0n) is 10.8. The Bertz CT molecular complexity index is 362. The van der Waals surface area contributed by atoms with Crippen molar-refractivity contribution in [2.45, 2.75) is 52.3 Å². The number of hydrogen-bond donors (Lipinski definition) is 1. The lowest BCUT2D eigenvalue weighted by atomic mass is 9.87. The first-order valence-corrected chi connectivity index (χ1v) is 6.15. The third kappa shape index (κ3) is 3.04. The molecule has 0 unspecified atom stereocenters. The summed E-state index contributed by atoms with van der Waals surface area (Å²) >= 11 is 0. The first-order chi connectivity index (χ1) is 8.12. The van der Waals surface area contributed by atoms with Gasteiger partial charge in [0.05, 0.1) is 6.54 Å². The maximum absolute atomic E-state index is 5.14. The molecule has 1 saturated carbocycles. The first-order valence-electron chi connectivity index (χ1n) is 6.15. The van der Waals surface area contributed by atoms with Gasteiger partial charge in [-0.1, -0.05) is 25.4 Å². The molecule has 1 atom stereocenters. The van der Waals surface area contributed by atoms with Gasteiger partial charge in [-0.2, -0.15) is 4.98 Å². The number of methoxy groups -OCH3 is 1. The molecule has 1 aromatic rings. The van der Waals surface area contributed by atoms with E-state index in [1.807, 2.05) is 0 Å². The van der Waals surface area contributed by atoms with Gasteiger partial charge < -0.3 is 14.6 Å². The van der Waals surface area contributed by atoms with Crippen LogP contribution in [-0.4, -0.2) is 23.3 Å². The number of rotatable bonds is 5. The summed E-state index contributed by atoms with van der Waals surface area (Å²) in [5, 5.41) is 7.34. The minimum Gasteiger partial charge on any atom is -0.377 e. The van der Waals surface area contributed by atoms with Crippen LogP contribution in [0.15, 0.2) is 4.52 Å². The van der Waals surface area contributed by atoms with Crippen LogP contribution in [0, 0.1) is 5.41 Å². The van der Waals surface area contributed by atoms with Crippen molar-refractivity contribution in [1.82, 2.24) is 15.5 Å². The van der Waals surface area contributed by atoms with Crippen LogP contribution in [-0.2, 0) is 17.9 Å². The Balaban J connectivity index is 1.85. The summed E-state index contributed by atoms with van der Waals surface area (Å²) < 4.78 is 10.1. The lowest BCUT2D eigenvalue weighted by molar-refractivity contribution is 0.174. The van der Waals surface area contributed by atoms with Crippen LogP contribution >= 0.6 is 0 Å². The second-order valence-electron chi connectivity index (χ2n) is 5.35. The summed E-state index contributed by atoms with van der Waals surface area (Å²) in [6, 6.07) is 0.542. The first kappa shape index (κ1) is 12.5. The van der Waals surface area contributed by atoms with Gasteiger partial charge in [-0.05, 0) is 18.3 Å². The summed E-state index contributed by atoms with van der Waals surface area (Å²) in [6.45, 7) is 5.66. The number of nitrogens with zero attached hydrogens (tertiary/aromatic N) is 2. The van der Waals surface area contributed by atoms with Gasteiger partial charge in [-0.25, -0.2) is 0 Å². The standard InChI is InChI=1S/C12H21N3O2/c1-12(2)6-4-5-9(12)13-7-11-14-10(8-16-3)15-17-11/h9,13H,4-8H2,1-3H3/t9-/m1/s1. The number of nitrogens with one attached hydrogen (secondary N) is 1. The van der Waals surface area contributed by atoms with Crippen LogP contribution in [0.1, 0.15) is 44.8 Å². The molecule has 0 spiro atoms. The highest BCUT2D eigenvalue weighted by molar-refractivity contribution is 4.92. The normalized spacial score (nSPS) is 23.1. The maximum atomic E-state index is 5.14. The minimum atomic E-state index is 0.370. The molecule has 2 rings (SSSR count). The van der Waals surface area contributed by atoms with E-state index in [2.05, 4.69) is 29.3 Å². The van der Waals surface area contributed by atoms with Gasteiger partial charge in [0, 0.05) is 13.2 Å². The molecule has 0 aromatic carbocycles. The third-order valence-electron chi connectivity index (χ3n) is 3.54. The minimum absolute atomic E-state index is 0.370. The molecular formula is C12H21N3O2. The fourth-order valence-corrected chi connectivity index (χ4v) is 2.47. The van der Waals surface area contributed by atoms with Crippen LogP contribution in [0.25, 0.3) is 0 Å². The topological polar surface area (TPSA) is 60.2 Å². The maximum Gasteiger partial charge on any atom is 0.240 e. The molecule has 1 heterocycles. The van der Waals surface area contributed by atoms with E-state index in [0.29, 0.717) is 36.3 Å². The third-order valence-corrected chi connectivity index (χ3v) is 3.54. The molecule has 5 nitrogen and oxygen atoms in total. The Labute approximate surface area is 102 Å². The van der Waals surface area contributed by atoms with Crippen molar-refractivity contribution in [2.24, 2.45) is 5.41 Å². The van der Waals surface area contributed by atoms with Gasteiger partial charge in [-0.15, -0.1) is 0 Å². The number of ether oxygens (including phenoxy) is 1. The SMILES string of the molecule is COCc1noc(CN[C@@H]2CCCC2(C)C)n1. The van der Waals surface area contributed by atoms with E-state index in [9.17, 15) is 0 Å². The van der Waals surface area contributed by atoms with Crippen LogP contribution in [0.4, 0.5) is 0 Å². The van der Waals surface area contributed by atoms with Crippen molar-refractivity contribution in [3.8, 4) is 0 Å². The lowest BCUT2D eigenvalue weighted by Crippen LogP contribution is -2.37. The Kier molecular flexibility index (Phi) is 3.79. The summed E-state index contributed by atoms with van der Waals surface area (Å²) in [4.78, 5) is 4.24. The van der Waals surface area contributed by atoms with E-state index in [1.54, 1.807) is 7.11 Å². The number of aromatic nitrogens is 2. The fraction of sp³-hybridized carbons (Fsp3) is 0.833. The Morgan fingerprint density at radius 1 is 1.53 bits per heavy atom. The van der Waals surface area contributed by atoms with E-state index in [1.165, 1.54) is 19.3 Å². The zero-order chi connectivity index (χ0) is 12.3. The average molecular weight is 239 g/mol. The molecule has 1 fully saturated rings. The van der Waals surface area contributed by atoms with Crippen molar-refractivity contribution in [2.75, 3.05) is 7.11 Å². The van der Waals surface area contributed by atoms with Crippen molar-refractivity contribution in [3.63, 3.8) is 0 Å². The largest absolute Gasteiger partial charge is 0.377 e. The lowest BCUT2D eigenvalue weighted by Gasteiger charge is -2.27. The van der Waals surface area contributed by atoms with Gasteiger partial charge in [0.1, 0.15) is 6.61 Å². The quantitative estimate of drug-likeness (QED) is 0.850. The molecule has 1 aliphatic carbocycles. The molecule has 0 aliphatic heterocycles. The van der Waals surface area contributed by atoms with Gasteiger partial charge in [0.2, 0.25) is 5.89 Å². The molecule has 0 bridgehead atoms. The molecule has 0 radical (unpaired) electrons. The molecule has 1 aromatic heterocycles. The van der Waals surface area contributed by atoms with Crippen LogP contribution in [0.3, 0.4) is 0 Å². The summed E-state index contributed by atoms with van der Waals surface area (Å²) in [6.07, 6.45) is 3.80. The van der Waals surface area contributed by atoms with Crippen LogP contribution < -0.4 is 5.32 Å². The van der Waals surface area contributed by atoms with Crippen molar-refractivity contribution in [3.05, 3.63) is 11.7 Å². The van der Waals surface area contributed by atoms with E-state index >= 15 is 0 Å². The van der Waals surface area contributed by atoms with E-state index < -0.39 is 0 Å². The smallest absolute Gasteiger partial charge is 0.240 e. The number of hydrogen-bond acceptors (Lipinski definition) is 5. The van der Waals surface area contributed by atoms with Crippen molar-refractivity contribution >= 4 is 0 Å². The van der Waals surface area contributed by atoms with Crippen molar-refractivity contribution < 1.29 is 9.26 Å². The Hall–Kier alpha value is -0.940. The molecule has 96 valence electrons. The van der Waals surface area contributed by atoms with Gasteiger partial charge >= 0.3 is 0 Å². The van der Waals surface area contributed by atoms with Crippen LogP contribution in [0.5, 0.6) is 0 Å². The molecule has 5 heteroatoms. The fourth-order valence-electron chi connectivity index (χ4n) is 2.47. The summed E-state index contributed by atoms with van der Waals surface area (Å²) in [5.74, 6) is 1.25. The van der Waals surface area contributed by atoms with E-state index in [0.717, 1.165) is 0 Å². The van der Waals surface area contributed by atoms with E-state index in [-0.39, 0.29) is 0 Å². The summed E-state index contributed by atoms with van der Waals surface area (Å²) in [7, 11) is 1.62. The monoisotopic (exact) mass is 239 g/mol.